The lowest BCUT2D eigenvalue weighted by Crippen LogP contribution is -2.48. The first kappa shape index (κ1) is 18.7. The van der Waals surface area contributed by atoms with E-state index in [0.29, 0.717) is 5.02 Å². The number of hydrogen-bond donors (Lipinski definition) is 2. The third-order valence-corrected chi connectivity index (χ3v) is 5.80. The molecular formula is C18H20BBrClN5O. The number of fused-ring (bicyclic) bond motifs is 1. The van der Waals surface area contributed by atoms with Crippen LogP contribution in [0.5, 0.6) is 0 Å². The highest BCUT2D eigenvalue weighted by molar-refractivity contribution is 9.10. The Morgan fingerprint density at radius 1 is 1.37 bits per heavy atom. The van der Waals surface area contributed by atoms with Crippen molar-refractivity contribution in [3.05, 3.63) is 46.0 Å². The van der Waals surface area contributed by atoms with Gasteiger partial charge in [-0.1, -0.05) is 29.8 Å². The van der Waals surface area contributed by atoms with Crippen LogP contribution in [0.2, 0.25) is 11.8 Å². The molecule has 1 fully saturated rings. The number of rotatable bonds is 4. The molecule has 0 saturated carbocycles. The van der Waals surface area contributed by atoms with E-state index in [0.717, 1.165) is 53.1 Å². The van der Waals surface area contributed by atoms with Crippen molar-refractivity contribution in [2.75, 3.05) is 18.4 Å². The van der Waals surface area contributed by atoms with Crippen molar-refractivity contribution in [1.29, 1.82) is 0 Å². The Labute approximate surface area is 171 Å². The second kappa shape index (κ2) is 7.79. The molecule has 1 atom stereocenters. The van der Waals surface area contributed by atoms with Crippen LogP contribution < -0.4 is 5.32 Å². The van der Waals surface area contributed by atoms with Gasteiger partial charge in [0.05, 0.1) is 16.4 Å². The topological polar surface area (TPSA) is 65.7 Å². The molecule has 27 heavy (non-hydrogen) atoms. The molecular weight excluding hydrogens is 428 g/mol. The Balaban J connectivity index is 1.72. The van der Waals surface area contributed by atoms with Crippen molar-refractivity contribution in [1.82, 2.24) is 19.4 Å². The van der Waals surface area contributed by atoms with E-state index in [1.165, 1.54) is 0 Å². The first-order valence-corrected chi connectivity index (χ1v) is 10.2. The van der Waals surface area contributed by atoms with E-state index in [-0.39, 0.29) is 6.04 Å². The zero-order valence-corrected chi connectivity index (χ0v) is 17.3. The average Bonchev–Trinajstić information content (AvgIpc) is 3.04. The molecule has 1 aliphatic rings. The first-order chi connectivity index (χ1) is 13.0. The molecule has 3 heterocycles. The highest BCUT2D eigenvalue weighted by Gasteiger charge is 2.25. The lowest BCUT2D eigenvalue weighted by molar-refractivity contribution is 0.295. The maximum atomic E-state index is 9.91. The Kier molecular flexibility index (Phi) is 5.41. The average molecular weight is 449 g/mol. The van der Waals surface area contributed by atoms with Gasteiger partial charge >= 0.3 is 7.05 Å². The molecule has 9 heteroatoms. The summed E-state index contributed by atoms with van der Waals surface area (Å²) in [4.78, 5) is 6.82. The molecule has 0 amide bonds. The lowest BCUT2D eigenvalue weighted by atomic mass is 9.82. The van der Waals surface area contributed by atoms with Crippen molar-refractivity contribution in [3.63, 3.8) is 0 Å². The summed E-state index contributed by atoms with van der Waals surface area (Å²) < 4.78 is 2.62. The van der Waals surface area contributed by atoms with Crippen LogP contribution >= 0.6 is 27.5 Å². The van der Waals surface area contributed by atoms with E-state index in [1.807, 2.05) is 37.2 Å². The smallest absolute Gasteiger partial charge is 0.376 e. The van der Waals surface area contributed by atoms with E-state index in [1.54, 1.807) is 10.7 Å². The van der Waals surface area contributed by atoms with Gasteiger partial charge in [0, 0.05) is 29.2 Å². The summed E-state index contributed by atoms with van der Waals surface area (Å²) in [6.45, 7) is 3.51. The molecule has 0 bridgehead atoms. The molecule has 4 rings (SSSR count). The van der Waals surface area contributed by atoms with Crippen molar-refractivity contribution < 1.29 is 5.02 Å². The van der Waals surface area contributed by atoms with Crippen LogP contribution in [0, 0.1) is 0 Å². The molecule has 3 aromatic rings. The zero-order chi connectivity index (χ0) is 19.0. The van der Waals surface area contributed by atoms with Crippen molar-refractivity contribution in [3.8, 4) is 11.3 Å². The number of nitrogens with one attached hydrogen (secondary N) is 1. The second-order valence-electron chi connectivity index (χ2n) is 6.84. The van der Waals surface area contributed by atoms with Gasteiger partial charge < -0.3 is 15.2 Å². The summed E-state index contributed by atoms with van der Waals surface area (Å²) in [5, 5.41) is 18.6. The molecule has 1 unspecified atom stereocenters. The van der Waals surface area contributed by atoms with Crippen LogP contribution in [0.3, 0.4) is 0 Å². The maximum absolute atomic E-state index is 9.91. The highest BCUT2D eigenvalue weighted by Crippen LogP contribution is 2.31. The van der Waals surface area contributed by atoms with Crippen LogP contribution in [-0.4, -0.2) is 50.6 Å². The van der Waals surface area contributed by atoms with Gasteiger partial charge in [0.15, 0.2) is 5.65 Å². The van der Waals surface area contributed by atoms with Gasteiger partial charge in [-0.2, -0.15) is 9.61 Å². The van der Waals surface area contributed by atoms with Gasteiger partial charge in [0.1, 0.15) is 5.82 Å². The van der Waals surface area contributed by atoms with Crippen LogP contribution in [0.25, 0.3) is 16.9 Å². The molecule has 1 saturated heterocycles. The summed E-state index contributed by atoms with van der Waals surface area (Å²) >= 11 is 9.93. The van der Waals surface area contributed by atoms with E-state index in [2.05, 4.69) is 31.2 Å². The highest BCUT2D eigenvalue weighted by atomic mass is 79.9. The summed E-state index contributed by atoms with van der Waals surface area (Å²) in [6, 6.07) is 9.89. The number of benzene rings is 1. The van der Waals surface area contributed by atoms with E-state index >= 15 is 0 Å². The molecule has 0 spiro atoms. The number of hydrogen-bond acceptors (Lipinski definition) is 5. The maximum Gasteiger partial charge on any atom is 0.376 e. The molecule has 140 valence electrons. The Morgan fingerprint density at radius 2 is 2.19 bits per heavy atom. The fourth-order valence-corrected chi connectivity index (χ4v) is 4.10. The first-order valence-electron chi connectivity index (χ1n) is 9.01. The molecule has 6 nitrogen and oxygen atoms in total. The minimum absolute atomic E-state index is 0.223. The number of piperidine rings is 1. The molecule has 2 aromatic heterocycles. The van der Waals surface area contributed by atoms with E-state index in [4.69, 9.17) is 16.6 Å². The van der Waals surface area contributed by atoms with Gasteiger partial charge in [-0.3, -0.25) is 0 Å². The van der Waals surface area contributed by atoms with Gasteiger partial charge in [-0.25, -0.2) is 4.98 Å². The summed E-state index contributed by atoms with van der Waals surface area (Å²) in [5.41, 5.74) is 2.41. The summed E-state index contributed by atoms with van der Waals surface area (Å²) in [7, 11) is -0.440. The minimum atomic E-state index is -0.440. The molecule has 2 N–H and O–H groups in total. The van der Waals surface area contributed by atoms with Crippen molar-refractivity contribution >= 4 is 46.0 Å². The van der Waals surface area contributed by atoms with Crippen LogP contribution in [0.15, 0.2) is 41.0 Å². The third kappa shape index (κ3) is 3.85. The number of halogens is 2. The van der Waals surface area contributed by atoms with Gasteiger partial charge in [0.2, 0.25) is 0 Å². The SMILES string of the molecule is CB(O)N1CCCC(Nc2cc(-c3ccccc3Cl)nc3c(Br)cnn23)C1. The third-order valence-electron chi connectivity index (χ3n) is 4.91. The standard InChI is InChI=1S/C18H20BBrClN5O/c1-19(27)25-8-4-5-12(11-25)23-17-9-16(13-6-2-3-7-15(13)21)24-18-14(20)10-22-26(17)18/h2-3,6-7,9-10,12,23,27H,4-5,8,11H2,1H3. The lowest BCUT2D eigenvalue weighted by Gasteiger charge is -2.34. The van der Waals surface area contributed by atoms with E-state index < -0.39 is 7.05 Å². The number of anilines is 1. The number of nitrogens with zero attached hydrogens (tertiary/aromatic N) is 4. The fourth-order valence-electron chi connectivity index (χ4n) is 3.52. The quantitative estimate of drug-likeness (QED) is 0.595. The van der Waals surface area contributed by atoms with Crippen molar-refractivity contribution in [2.45, 2.75) is 25.7 Å². The van der Waals surface area contributed by atoms with Crippen molar-refractivity contribution in [2.24, 2.45) is 0 Å². The van der Waals surface area contributed by atoms with Crippen LogP contribution in [0.1, 0.15) is 12.8 Å². The van der Waals surface area contributed by atoms with Crippen LogP contribution in [-0.2, 0) is 0 Å². The summed E-state index contributed by atoms with van der Waals surface area (Å²) in [5.74, 6) is 0.859. The predicted octanol–water partition coefficient (Wildman–Crippen LogP) is 3.80. The van der Waals surface area contributed by atoms with Gasteiger partial charge in [-0.15, -0.1) is 0 Å². The second-order valence-corrected chi connectivity index (χ2v) is 8.11. The Morgan fingerprint density at radius 3 is 2.96 bits per heavy atom. The molecule has 1 aromatic carbocycles. The summed E-state index contributed by atoms with van der Waals surface area (Å²) in [6.07, 6.45) is 3.82. The van der Waals surface area contributed by atoms with Gasteiger partial charge in [-0.05, 0) is 48.2 Å². The Hall–Kier alpha value is -1.61. The largest absolute Gasteiger partial charge is 0.437 e. The molecule has 0 aliphatic carbocycles. The normalized spacial score (nSPS) is 18.0. The molecule has 1 aliphatic heterocycles. The zero-order valence-electron chi connectivity index (χ0n) is 14.9. The van der Waals surface area contributed by atoms with E-state index in [9.17, 15) is 5.02 Å². The van der Waals surface area contributed by atoms with Gasteiger partial charge in [0.25, 0.3) is 0 Å². The predicted molar refractivity (Wildman–Crippen MR) is 113 cm³/mol. The van der Waals surface area contributed by atoms with Crippen LogP contribution in [0.4, 0.5) is 5.82 Å². The fraction of sp³-hybridized carbons (Fsp3) is 0.333. The molecule has 0 radical (unpaired) electrons. The minimum Gasteiger partial charge on any atom is -0.437 e. The number of aromatic nitrogens is 3. The monoisotopic (exact) mass is 447 g/mol. The Bertz CT molecular complexity index is 966.